The summed E-state index contributed by atoms with van der Waals surface area (Å²) in [5.74, 6) is -2.33. The summed E-state index contributed by atoms with van der Waals surface area (Å²) >= 11 is 0. The molecule has 36 heavy (non-hydrogen) atoms. The van der Waals surface area contributed by atoms with Crippen molar-refractivity contribution < 1.29 is 24.0 Å². The van der Waals surface area contributed by atoms with Crippen LogP contribution in [0.1, 0.15) is 74.1 Å². The van der Waals surface area contributed by atoms with Gasteiger partial charge in [-0.05, 0) is 48.9 Å². The highest BCUT2D eigenvalue weighted by atomic mass is 16.2. The van der Waals surface area contributed by atoms with E-state index in [0.29, 0.717) is 13.0 Å². The van der Waals surface area contributed by atoms with Crippen molar-refractivity contribution in [2.75, 3.05) is 6.54 Å². The lowest BCUT2D eigenvalue weighted by Gasteiger charge is -2.38. The minimum absolute atomic E-state index is 0.0698. The van der Waals surface area contributed by atoms with Gasteiger partial charge in [0.25, 0.3) is 5.91 Å². The van der Waals surface area contributed by atoms with Gasteiger partial charge in [-0.3, -0.25) is 19.2 Å². The van der Waals surface area contributed by atoms with Crippen LogP contribution in [-0.2, 0) is 19.2 Å². The van der Waals surface area contributed by atoms with Gasteiger partial charge in [-0.15, -0.1) is 0 Å². The lowest BCUT2D eigenvalue weighted by molar-refractivity contribution is -0.145. The van der Waals surface area contributed by atoms with Crippen molar-refractivity contribution in [2.45, 2.75) is 98.3 Å². The van der Waals surface area contributed by atoms with E-state index in [1.165, 1.54) is 0 Å². The number of Topliss-reactive ketones (excluding diaryl/α,β-unsaturated/α-hetero) is 1. The zero-order chi connectivity index (χ0) is 27.2. The first kappa shape index (κ1) is 27.9. The second-order valence-electron chi connectivity index (χ2n) is 12.8. The SMILES string of the molecule is CC(C)NC(=O)N[C@H](C(=O)N1C[C@H]2[C@@H]([C@H]1C(=O)N[C@H](CC1CCC1)C(=O)C(N)=O)C2(C)C)C(C)(C)C. The van der Waals surface area contributed by atoms with Crippen LogP contribution in [0.4, 0.5) is 4.79 Å². The van der Waals surface area contributed by atoms with Crippen molar-refractivity contribution in [2.24, 2.45) is 34.3 Å². The Kier molecular flexibility index (Phi) is 7.77. The molecule has 10 heteroatoms. The van der Waals surface area contributed by atoms with Crippen molar-refractivity contribution in [1.82, 2.24) is 20.9 Å². The van der Waals surface area contributed by atoms with Crippen molar-refractivity contribution in [3.63, 3.8) is 0 Å². The van der Waals surface area contributed by atoms with E-state index in [9.17, 15) is 24.0 Å². The Labute approximate surface area is 213 Å². The Hall–Kier alpha value is -2.65. The van der Waals surface area contributed by atoms with Gasteiger partial charge in [0.05, 0.1) is 6.04 Å². The van der Waals surface area contributed by atoms with Crippen LogP contribution in [0.5, 0.6) is 0 Å². The predicted molar refractivity (Wildman–Crippen MR) is 134 cm³/mol. The summed E-state index contributed by atoms with van der Waals surface area (Å²) in [5.41, 5.74) is 4.54. The minimum Gasteiger partial charge on any atom is -0.363 e. The first-order valence-electron chi connectivity index (χ1n) is 13.1. The number of piperidine rings is 1. The van der Waals surface area contributed by atoms with Gasteiger partial charge in [0.2, 0.25) is 17.6 Å². The van der Waals surface area contributed by atoms with Crippen LogP contribution in [0.2, 0.25) is 0 Å². The van der Waals surface area contributed by atoms with Gasteiger partial charge < -0.3 is 26.6 Å². The number of fused-ring (bicyclic) bond motifs is 1. The molecule has 5 amide bonds. The third-order valence-electron chi connectivity index (χ3n) is 8.24. The molecule has 3 fully saturated rings. The molecule has 202 valence electrons. The number of nitrogens with two attached hydrogens (primary N) is 1. The molecule has 1 saturated heterocycles. The Balaban J connectivity index is 1.83. The number of urea groups is 1. The first-order chi connectivity index (χ1) is 16.6. The number of nitrogens with one attached hydrogen (secondary N) is 3. The lowest BCUT2D eigenvalue weighted by atomic mass is 9.80. The second kappa shape index (κ2) is 10.0. The number of carbonyl (C=O) groups excluding carboxylic acids is 5. The molecule has 5 N–H and O–H groups in total. The number of carbonyl (C=O) groups is 5. The summed E-state index contributed by atoms with van der Waals surface area (Å²) in [6.45, 7) is 13.8. The van der Waals surface area contributed by atoms with Crippen molar-refractivity contribution >= 4 is 29.5 Å². The van der Waals surface area contributed by atoms with Crippen molar-refractivity contribution in [1.29, 1.82) is 0 Å². The number of amides is 5. The van der Waals surface area contributed by atoms with Gasteiger partial charge in [-0.1, -0.05) is 53.9 Å². The molecule has 0 aromatic carbocycles. The van der Waals surface area contributed by atoms with Crippen molar-refractivity contribution in [3.8, 4) is 0 Å². The van der Waals surface area contributed by atoms with Crippen LogP contribution in [-0.4, -0.2) is 65.1 Å². The molecule has 3 aliphatic rings. The summed E-state index contributed by atoms with van der Waals surface area (Å²) < 4.78 is 0. The average Bonchev–Trinajstić information content (AvgIpc) is 3.06. The van der Waals surface area contributed by atoms with Crippen LogP contribution in [0.3, 0.4) is 0 Å². The fourth-order valence-electron chi connectivity index (χ4n) is 5.78. The molecule has 2 aliphatic carbocycles. The fourth-order valence-corrected chi connectivity index (χ4v) is 5.78. The third-order valence-corrected chi connectivity index (χ3v) is 8.24. The van der Waals surface area contributed by atoms with Crippen LogP contribution >= 0.6 is 0 Å². The summed E-state index contributed by atoms with van der Waals surface area (Å²) in [6.07, 6.45) is 3.32. The molecule has 0 radical (unpaired) electrons. The molecule has 0 bridgehead atoms. The number of ketones is 1. The topological polar surface area (TPSA) is 151 Å². The van der Waals surface area contributed by atoms with E-state index in [1.54, 1.807) is 4.90 Å². The molecular weight excluding hydrogens is 462 g/mol. The summed E-state index contributed by atoms with van der Waals surface area (Å²) in [5, 5.41) is 8.33. The van der Waals surface area contributed by atoms with Crippen LogP contribution < -0.4 is 21.7 Å². The van der Waals surface area contributed by atoms with E-state index in [2.05, 4.69) is 29.8 Å². The van der Waals surface area contributed by atoms with Gasteiger partial charge >= 0.3 is 6.03 Å². The average molecular weight is 506 g/mol. The molecule has 3 rings (SSSR count). The monoisotopic (exact) mass is 505 g/mol. The Bertz CT molecular complexity index is 920. The van der Waals surface area contributed by atoms with Gasteiger partial charge in [-0.25, -0.2) is 4.79 Å². The first-order valence-corrected chi connectivity index (χ1v) is 13.1. The number of hydrogen-bond donors (Lipinski definition) is 4. The highest BCUT2D eigenvalue weighted by Gasteiger charge is 2.69. The van der Waals surface area contributed by atoms with Gasteiger partial charge in [0.15, 0.2) is 0 Å². The standard InChI is InChI=1S/C26H43N5O5/c1-13(2)28-24(36)30-20(25(3,4)5)23(35)31-12-15-17(26(15,6)7)18(31)22(34)29-16(19(32)21(27)33)11-14-9-8-10-14/h13-18,20H,8-12H2,1-7H3,(H2,27,33)(H,29,34)(H2,28,30,36)/t15-,16+,17-,18-,20+/m0/s1. The van der Waals surface area contributed by atoms with Gasteiger partial charge in [0, 0.05) is 12.6 Å². The van der Waals surface area contributed by atoms with E-state index in [0.717, 1.165) is 19.3 Å². The predicted octanol–water partition coefficient (Wildman–Crippen LogP) is 1.32. The molecule has 0 unspecified atom stereocenters. The molecule has 0 spiro atoms. The van der Waals surface area contributed by atoms with Gasteiger partial charge in [-0.2, -0.15) is 0 Å². The number of likely N-dealkylation sites (tertiary alicyclic amines) is 1. The Morgan fingerprint density at radius 1 is 1.03 bits per heavy atom. The molecule has 5 atom stereocenters. The maximum Gasteiger partial charge on any atom is 0.315 e. The van der Waals surface area contributed by atoms with Crippen LogP contribution in [0.25, 0.3) is 0 Å². The summed E-state index contributed by atoms with van der Waals surface area (Å²) in [4.78, 5) is 65.7. The fraction of sp³-hybridized carbons (Fsp3) is 0.808. The molecule has 1 aliphatic heterocycles. The number of rotatable bonds is 9. The van der Waals surface area contributed by atoms with E-state index >= 15 is 0 Å². The Morgan fingerprint density at radius 2 is 1.64 bits per heavy atom. The quantitative estimate of drug-likeness (QED) is 0.349. The maximum atomic E-state index is 13.8. The van der Waals surface area contributed by atoms with E-state index < -0.39 is 47.2 Å². The number of nitrogens with zero attached hydrogens (tertiary/aromatic N) is 1. The van der Waals surface area contributed by atoms with E-state index in [1.807, 2.05) is 34.6 Å². The normalized spacial score (nSPS) is 26.3. The minimum atomic E-state index is -1.07. The molecule has 1 heterocycles. The molecule has 2 saturated carbocycles. The van der Waals surface area contributed by atoms with Crippen molar-refractivity contribution in [3.05, 3.63) is 0 Å². The smallest absolute Gasteiger partial charge is 0.315 e. The number of hydrogen-bond acceptors (Lipinski definition) is 5. The largest absolute Gasteiger partial charge is 0.363 e. The maximum absolute atomic E-state index is 13.8. The number of primary amides is 1. The lowest BCUT2D eigenvalue weighted by Crippen LogP contribution is -2.61. The highest BCUT2D eigenvalue weighted by molar-refractivity contribution is 6.37. The zero-order valence-electron chi connectivity index (χ0n) is 22.6. The molecule has 0 aromatic heterocycles. The summed E-state index contributed by atoms with van der Waals surface area (Å²) in [7, 11) is 0. The summed E-state index contributed by atoms with van der Waals surface area (Å²) in [6, 6.07) is -3.19. The van der Waals surface area contributed by atoms with E-state index in [4.69, 9.17) is 5.73 Å². The van der Waals surface area contributed by atoms with Gasteiger partial charge in [0.1, 0.15) is 12.1 Å². The molecular formula is C26H43N5O5. The van der Waals surface area contributed by atoms with Crippen LogP contribution in [0.15, 0.2) is 0 Å². The third kappa shape index (κ3) is 5.67. The Morgan fingerprint density at radius 3 is 2.11 bits per heavy atom. The zero-order valence-corrected chi connectivity index (χ0v) is 22.6. The highest BCUT2D eigenvalue weighted by Crippen LogP contribution is 2.65. The van der Waals surface area contributed by atoms with Crippen LogP contribution in [0, 0.1) is 28.6 Å². The molecule has 10 nitrogen and oxygen atoms in total. The van der Waals surface area contributed by atoms with E-state index in [-0.39, 0.29) is 35.1 Å². The molecule has 0 aromatic rings. The second-order valence-corrected chi connectivity index (χ2v) is 12.8.